The van der Waals surface area contributed by atoms with Crippen molar-refractivity contribution in [3.63, 3.8) is 0 Å². The lowest BCUT2D eigenvalue weighted by molar-refractivity contribution is 0.169. The van der Waals surface area contributed by atoms with E-state index in [-0.39, 0.29) is 5.54 Å². The summed E-state index contributed by atoms with van der Waals surface area (Å²) in [5.41, 5.74) is 10.1. The summed E-state index contributed by atoms with van der Waals surface area (Å²) in [5.74, 6) is 1.66. The highest BCUT2D eigenvalue weighted by atomic mass is 14.8. The van der Waals surface area contributed by atoms with Crippen molar-refractivity contribution in [2.24, 2.45) is 17.1 Å². The van der Waals surface area contributed by atoms with Crippen molar-refractivity contribution < 1.29 is 0 Å². The van der Waals surface area contributed by atoms with E-state index in [4.69, 9.17) is 5.73 Å². The van der Waals surface area contributed by atoms with Gasteiger partial charge >= 0.3 is 0 Å². The highest BCUT2D eigenvalue weighted by molar-refractivity contribution is 5.33. The quantitative estimate of drug-likeness (QED) is 0.827. The monoisotopic (exact) mass is 285 g/mol. The van der Waals surface area contributed by atoms with E-state index >= 15 is 0 Å². The Bertz CT molecular complexity index is 485. The van der Waals surface area contributed by atoms with Crippen LogP contribution in [0.25, 0.3) is 0 Å². The average molecular weight is 285 g/mol. The maximum Gasteiger partial charge on any atom is 0.0196 e. The molecular formula is C20H31N. The summed E-state index contributed by atoms with van der Waals surface area (Å²) >= 11 is 0. The molecule has 21 heavy (non-hydrogen) atoms. The molecule has 0 aromatic heterocycles. The Balaban J connectivity index is 1.70. The first-order valence-corrected chi connectivity index (χ1v) is 8.74. The SMILES string of the molecule is CC(C)(C)C1CCC(c2ccccc2CC2(N)CC2)CC1. The zero-order chi connectivity index (χ0) is 15.1. The van der Waals surface area contributed by atoms with E-state index in [1.165, 1.54) is 44.1 Å². The molecule has 1 nitrogen and oxygen atoms in total. The second kappa shape index (κ2) is 5.43. The van der Waals surface area contributed by atoms with Crippen LogP contribution in [0.2, 0.25) is 0 Å². The Morgan fingerprint density at radius 2 is 1.67 bits per heavy atom. The molecule has 0 unspecified atom stereocenters. The third kappa shape index (κ3) is 3.51. The van der Waals surface area contributed by atoms with Crippen LogP contribution in [0.1, 0.15) is 76.3 Å². The third-order valence-electron chi connectivity index (χ3n) is 5.88. The van der Waals surface area contributed by atoms with E-state index in [1.807, 2.05) is 0 Å². The average Bonchev–Trinajstić information content (AvgIpc) is 3.16. The Morgan fingerprint density at radius 3 is 2.24 bits per heavy atom. The fourth-order valence-corrected chi connectivity index (χ4v) is 4.08. The summed E-state index contributed by atoms with van der Waals surface area (Å²) < 4.78 is 0. The molecule has 0 atom stereocenters. The molecule has 0 bridgehead atoms. The molecule has 116 valence electrons. The lowest BCUT2D eigenvalue weighted by Crippen LogP contribution is -2.27. The van der Waals surface area contributed by atoms with Gasteiger partial charge in [0.15, 0.2) is 0 Å². The van der Waals surface area contributed by atoms with Gasteiger partial charge in [0.1, 0.15) is 0 Å². The highest BCUT2D eigenvalue weighted by Gasteiger charge is 2.39. The first-order valence-electron chi connectivity index (χ1n) is 8.74. The molecule has 1 aromatic rings. The summed E-state index contributed by atoms with van der Waals surface area (Å²) in [6.07, 6.45) is 8.98. The summed E-state index contributed by atoms with van der Waals surface area (Å²) in [4.78, 5) is 0. The van der Waals surface area contributed by atoms with Gasteiger partial charge in [-0.25, -0.2) is 0 Å². The van der Waals surface area contributed by atoms with Crippen LogP contribution in [0, 0.1) is 11.3 Å². The van der Waals surface area contributed by atoms with Crippen LogP contribution >= 0.6 is 0 Å². The van der Waals surface area contributed by atoms with Crippen molar-refractivity contribution >= 4 is 0 Å². The Labute approximate surface area is 130 Å². The first-order chi connectivity index (χ1) is 9.87. The van der Waals surface area contributed by atoms with Gasteiger partial charge in [-0.15, -0.1) is 0 Å². The third-order valence-corrected chi connectivity index (χ3v) is 5.88. The van der Waals surface area contributed by atoms with Crippen molar-refractivity contribution in [3.8, 4) is 0 Å². The minimum Gasteiger partial charge on any atom is -0.325 e. The standard InChI is InChI=1S/C20H31N/c1-19(2,3)17-10-8-15(9-11-17)18-7-5-4-6-16(18)14-20(21)12-13-20/h4-7,15,17H,8-14,21H2,1-3H3. The zero-order valence-corrected chi connectivity index (χ0v) is 14.0. The molecule has 2 aliphatic carbocycles. The molecule has 1 aromatic carbocycles. The van der Waals surface area contributed by atoms with Gasteiger partial charge in [0.2, 0.25) is 0 Å². The normalized spacial score (nSPS) is 28.4. The molecule has 0 amide bonds. The van der Waals surface area contributed by atoms with Crippen LogP contribution in [0.15, 0.2) is 24.3 Å². The van der Waals surface area contributed by atoms with Gasteiger partial charge in [-0.3, -0.25) is 0 Å². The van der Waals surface area contributed by atoms with Gasteiger partial charge in [-0.2, -0.15) is 0 Å². The molecule has 0 radical (unpaired) electrons. The van der Waals surface area contributed by atoms with Crippen molar-refractivity contribution in [2.45, 2.75) is 77.2 Å². The van der Waals surface area contributed by atoms with Gasteiger partial charge < -0.3 is 5.73 Å². The van der Waals surface area contributed by atoms with Gasteiger partial charge in [0, 0.05) is 5.54 Å². The topological polar surface area (TPSA) is 26.0 Å². The van der Waals surface area contributed by atoms with Crippen LogP contribution in [0.5, 0.6) is 0 Å². The highest BCUT2D eigenvalue weighted by Crippen LogP contribution is 2.45. The molecular weight excluding hydrogens is 254 g/mol. The Hall–Kier alpha value is -0.820. The van der Waals surface area contributed by atoms with E-state index in [1.54, 1.807) is 5.56 Å². The predicted molar refractivity (Wildman–Crippen MR) is 90.5 cm³/mol. The van der Waals surface area contributed by atoms with Gasteiger partial charge in [-0.1, -0.05) is 45.0 Å². The molecule has 2 N–H and O–H groups in total. The second-order valence-corrected chi connectivity index (χ2v) is 8.65. The molecule has 2 saturated carbocycles. The van der Waals surface area contributed by atoms with Crippen molar-refractivity contribution in [1.82, 2.24) is 0 Å². The second-order valence-electron chi connectivity index (χ2n) is 8.65. The van der Waals surface area contributed by atoms with Crippen LogP contribution in [0.3, 0.4) is 0 Å². The van der Waals surface area contributed by atoms with E-state index < -0.39 is 0 Å². The number of hydrogen-bond donors (Lipinski definition) is 1. The molecule has 3 rings (SSSR count). The summed E-state index contributed by atoms with van der Waals surface area (Å²) in [6.45, 7) is 7.20. The van der Waals surface area contributed by atoms with E-state index in [9.17, 15) is 0 Å². The molecule has 1 heteroatoms. The van der Waals surface area contributed by atoms with Crippen LogP contribution in [0.4, 0.5) is 0 Å². The largest absolute Gasteiger partial charge is 0.325 e. The summed E-state index contributed by atoms with van der Waals surface area (Å²) in [6, 6.07) is 9.08. The summed E-state index contributed by atoms with van der Waals surface area (Å²) in [7, 11) is 0. The number of benzene rings is 1. The lowest BCUT2D eigenvalue weighted by atomic mass is 9.68. The fraction of sp³-hybridized carbons (Fsp3) is 0.700. The summed E-state index contributed by atoms with van der Waals surface area (Å²) in [5, 5.41) is 0. The van der Waals surface area contributed by atoms with Crippen LogP contribution in [-0.2, 0) is 6.42 Å². The van der Waals surface area contributed by atoms with Crippen molar-refractivity contribution in [3.05, 3.63) is 35.4 Å². The molecule has 2 aliphatic rings. The molecule has 0 saturated heterocycles. The molecule has 2 fully saturated rings. The van der Waals surface area contributed by atoms with Crippen molar-refractivity contribution in [2.75, 3.05) is 0 Å². The number of hydrogen-bond acceptors (Lipinski definition) is 1. The minimum atomic E-state index is 0.124. The Kier molecular flexibility index (Phi) is 3.90. The van der Waals surface area contributed by atoms with Gasteiger partial charge in [0.25, 0.3) is 0 Å². The minimum absolute atomic E-state index is 0.124. The number of rotatable bonds is 3. The maximum absolute atomic E-state index is 6.36. The smallest absolute Gasteiger partial charge is 0.0196 e. The fourth-order valence-electron chi connectivity index (χ4n) is 4.08. The van der Waals surface area contributed by atoms with E-state index in [0.717, 1.165) is 18.3 Å². The lowest BCUT2D eigenvalue weighted by Gasteiger charge is -2.37. The maximum atomic E-state index is 6.36. The number of nitrogens with two attached hydrogens (primary N) is 1. The van der Waals surface area contributed by atoms with Crippen molar-refractivity contribution in [1.29, 1.82) is 0 Å². The zero-order valence-electron chi connectivity index (χ0n) is 14.0. The molecule has 0 heterocycles. The Morgan fingerprint density at radius 1 is 1.05 bits per heavy atom. The molecule has 0 spiro atoms. The predicted octanol–water partition coefficient (Wildman–Crippen LogP) is 5.04. The van der Waals surface area contributed by atoms with E-state index in [0.29, 0.717) is 5.41 Å². The van der Waals surface area contributed by atoms with Crippen LogP contribution in [-0.4, -0.2) is 5.54 Å². The van der Waals surface area contributed by atoms with Crippen LogP contribution < -0.4 is 5.73 Å². The van der Waals surface area contributed by atoms with E-state index in [2.05, 4.69) is 45.0 Å². The molecule has 0 aliphatic heterocycles. The van der Waals surface area contributed by atoms with Gasteiger partial charge in [-0.05, 0) is 73.3 Å². The first kappa shape index (κ1) is 15.1. The van der Waals surface area contributed by atoms with Gasteiger partial charge in [0.05, 0.1) is 0 Å².